The molecule has 32 heavy (non-hydrogen) atoms. The molecular formula is C23H21ClN6O2. The van der Waals surface area contributed by atoms with Crippen molar-refractivity contribution in [3.63, 3.8) is 0 Å². The smallest absolute Gasteiger partial charge is 0.314 e. The van der Waals surface area contributed by atoms with Gasteiger partial charge in [-0.05, 0) is 30.0 Å². The van der Waals surface area contributed by atoms with E-state index in [-0.39, 0.29) is 5.15 Å². The molecular weight excluding hydrogens is 428 g/mol. The van der Waals surface area contributed by atoms with Crippen LogP contribution in [0.25, 0.3) is 16.7 Å². The number of amidine groups is 1. The van der Waals surface area contributed by atoms with Crippen molar-refractivity contribution < 1.29 is 9.90 Å². The lowest BCUT2D eigenvalue weighted by Gasteiger charge is -2.13. The van der Waals surface area contributed by atoms with Gasteiger partial charge in [-0.2, -0.15) is 0 Å². The summed E-state index contributed by atoms with van der Waals surface area (Å²) in [5, 5.41) is 12.8. The summed E-state index contributed by atoms with van der Waals surface area (Å²) in [5.74, 6) is 0.143. The molecule has 4 N–H and O–H groups in total. The molecule has 1 aliphatic rings. The Morgan fingerprint density at radius 3 is 2.41 bits per heavy atom. The van der Waals surface area contributed by atoms with E-state index in [1.165, 1.54) is 18.6 Å². The van der Waals surface area contributed by atoms with Gasteiger partial charge in [-0.25, -0.2) is 4.98 Å². The third kappa shape index (κ3) is 4.17. The summed E-state index contributed by atoms with van der Waals surface area (Å²) < 4.78 is 0. The third-order valence-corrected chi connectivity index (χ3v) is 5.65. The van der Waals surface area contributed by atoms with E-state index < -0.39 is 11.4 Å². The maximum absolute atomic E-state index is 11.5. The summed E-state index contributed by atoms with van der Waals surface area (Å²) in [5.41, 5.74) is 9.06. The molecule has 1 aliphatic carbocycles. The molecule has 1 fully saturated rings. The molecule has 2 aromatic heterocycles. The summed E-state index contributed by atoms with van der Waals surface area (Å²) in [6.07, 6.45) is 7.50. The molecule has 0 bridgehead atoms. The first-order valence-electron chi connectivity index (χ1n) is 9.91. The molecule has 3 aromatic rings. The predicted octanol–water partition coefficient (Wildman–Crippen LogP) is 3.75. The Bertz CT molecular complexity index is 1200. The fourth-order valence-corrected chi connectivity index (χ4v) is 3.66. The van der Waals surface area contributed by atoms with E-state index in [1.54, 1.807) is 13.2 Å². The second kappa shape index (κ2) is 8.76. The SMILES string of the molecule is CN=C(Nc1cncc(Cl)n1)C(=CN)c1ccc(-c2ccc(C3(C(=O)O)CC3)cc2)cn1. The molecule has 9 heteroatoms. The predicted molar refractivity (Wildman–Crippen MR) is 124 cm³/mol. The monoisotopic (exact) mass is 448 g/mol. The number of nitrogens with two attached hydrogens (primary N) is 1. The number of benzene rings is 1. The third-order valence-electron chi connectivity index (χ3n) is 5.47. The van der Waals surface area contributed by atoms with Gasteiger partial charge in [0, 0.05) is 25.0 Å². The molecule has 0 saturated heterocycles. The highest BCUT2D eigenvalue weighted by atomic mass is 35.5. The number of halogens is 1. The lowest BCUT2D eigenvalue weighted by atomic mass is 9.94. The molecule has 162 valence electrons. The van der Waals surface area contributed by atoms with Crippen LogP contribution in [0, 0.1) is 0 Å². The van der Waals surface area contributed by atoms with Gasteiger partial charge in [-0.1, -0.05) is 41.9 Å². The number of nitrogens with one attached hydrogen (secondary N) is 1. The fourth-order valence-electron chi connectivity index (χ4n) is 3.51. The van der Waals surface area contributed by atoms with E-state index in [9.17, 15) is 9.90 Å². The summed E-state index contributed by atoms with van der Waals surface area (Å²) in [7, 11) is 1.63. The van der Waals surface area contributed by atoms with Gasteiger partial charge in [0.2, 0.25) is 0 Å². The van der Waals surface area contributed by atoms with E-state index in [2.05, 4.69) is 25.3 Å². The van der Waals surface area contributed by atoms with Gasteiger partial charge >= 0.3 is 5.97 Å². The Kier molecular flexibility index (Phi) is 5.87. The van der Waals surface area contributed by atoms with Gasteiger partial charge in [0.15, 0.2) is 5.82 Å². The van der Waals surface area contributed by atoms with Crippen molar-refractivity contribution in [2.75, 3.05) is 12.4 Å². The van der Waals surface area contributed by atoms with Crippen molar-refractivity contribution in [3.05, 3.63) is 77.6 Å². The van der Waals surface area contributed by atoms with E-state index in [4.69, 9.17) is 17.3 Å². The molecule has 4 rings (SSSR count). The van der Waals surface area contributed by atoms with Crippen LogP contribution in [-0.4, -0.2) is 38.9 Å². The largest absolute Gasteiger partial charge is 0.481 e. The zero-order valence-corrected chi connectivity index (χ0v) is 18.0. The van der Waals surface area contributed by atoms with Gasteiger partial charge in [-0.3, -0.25) is 19.8 Å². The molecule has 0 amide bonds. The molecule has 0 unspecified atom stereocenters. The normalized spacial score (nSPS) is 15.3. The highest BCUT2D eigenvalue weighted by Gasteiger charge is 2.51. The number of pyridine rings is 1. The number of aliphatic imine (C=N–C) groups is 1. The Hall–Kier alpha value is -3.78. The standard InChI is InChI=1S/C23H21ClN6O2/c1-26-21(30-20-13-27-12-19(24)29-20)17(10-25)18-7-4-15(11-28-18)14-2-5-16(6-3-14)23(8-9-23)22(31)32/h2-7,10-13H,8-9,25H2,1H3,(H,31,32)(H,26,29,30). The van der Waals surface area contributed by atoms with Gasteiger partial charge in [-0.15, -0.1) is 0 Å². The van der Waals surface area contributed by atoms with Crippen LogP contribution in [-0.2, 0) is 10.2 Å². The van der Waals surface area contributed by atoms with E-state index in [0.717, 1.165) is 16.7 Å². The summed E-state index contributed by atoms with van der Waals surface area (Å²) in [6, 6.07) is 11.4. The average Bonchev–Trinajstić information content (AvgIpc) is 3.62. The minimum Gasteiger partial charge on any atom is -0.481 e. The van der Waals surface area contributed by atoms with Crippen LogP contribution < -0.4 is 11.1 Å². The molecule has 0 aliphatic heterocycles. The fraction of sp³-hybridized carbons (Fsp3) is 0.174. The highest BCUT2D eigenvalue weighted by Crippen LogP contribution is 2.48. The minimum absolute atomic E-state index is 0.258. The summed E-state index contributed by atoms with van der Waals surface area (Å²) >= 11 is 5.90. The second-order valence-corrected chi connectivity index (χ2v) is 7.79. The van der Waals surface area contributed by atoms with Crippen molar-refractivity contribution in [3.8, 4) is 11.1 Å². The topological polar surface area (TPSA) is 126 Å². The van der Waals surface area contributed by atoms with Gasteiger partial charge in [0.25, 0.3) is 0 Å². The molecule has 0 atom stereocenters. The number of hydrogen-bond acceptors (Lipinski definition) is 6. The lowest BCUT2D eigenvalue weighted by molar-refractivity contribution is -0.140. The number of aromatic nitrogens is 3. The van der Waals surface area contributed by atoms with Crippen molar-refractivity contribution >= 4 is 34.8 Å². The van der Waals surface area contributed by atoms with Crippen LogP contribution in [0.1, 0.15) is 24.1 Å². The van der Waals surface area contributed by atoms with Gasteiger partial charge < -0.3 is 16.2 Å². The van der Waals surface area contributed by atoms with Crippen LogP contribution in [0.4, 0.5) is 5.82 Å². The Morgan fingerprint density at radius 1 is 1.16 bits per heavy atom. The van der Waals surface area contributed by atoms with Crippen molar-refractivity contribution in [2.24, 2.45) is 10.7 Å². The Morgan fingerprint density at radius 2 is 1.88 bits per heavy atom. The van der Waals surface area contributed by atoms with Gasteiger partial charge in [0.1, 0.15) is 11.0 Å². The van der Waals surface area contributed by atoms with Crippen molar-refractivity contribution in [1.29, 1.82) is 0 Å². The Balaban J connectivity index is 1.53. The van der Waals surface area contributed by atoms with Crippen molar-refractivity contribution in [2.45, 2.75) is 18.3 Å². The van der Waals surface area contributed by atoms with Crippen LogP contribution in [0.3, 0.4) is 0 Å². The van der Waals surface area contributed by atoms with Crippen LogP contribution in [0.2, 0.25) is 5.15 Å². The number of anilines is 1. The van der Waals surface area contributed by atoms with E-state index in [0.29, 0.717) is 35.8 Å². The zero-order chi connectivity index (χ0) is 22.7. The number of aliphatic carboxylic acids is 1. The first-order valence-corrected chi connectivity index (χ1v) is 10.3. The number of hydrogen-bond donors (Lipinski definition) is 3. The number of carbonyl (C=O) groups is 1. The average molecular weight is 449 g/mol. The number of nitrogens with zero attached hydrogens (tertiary/aromatic N) is 4. The molecule has 1 aromatic carbocycles. The molecule has 2 heterocycles. The second-order valence-electron chi connectivity index (χ2n) is 7.40. The number of rotatable bonds is 6. The zero-order valence-electron chi connectivity index (χ0n) is 17.3. The molecule has 1 saturated carbocycles. The molecule has 8 nitrogen and oxygen atoms in total. The highest BCUT2D eigenvalue weighted by molar-refractivity contribution is 6.30. The quantitative estimate of drug-likeness (QED) is 0.387. The molecule has 0 radical (unpaired) electrons. The number of carboxylic acids is 1. The van der Waals surface area contributed by atoms with Crippen LogP contribution >= 0.6 is 11.6 Å². The van der Waals surface area contributed by atoms with Crippen LogP contribution in [0.15, 0.2) is 66.2 Å². The first kappa shape index (κ1) is 21.5. The minimum atomic E-state index is -0.761. The van der Waals surface area contributed by atoms with Gasteiger partial charge in [0.05, 0.1) is 29.1 Å². The lowest BCUT2D eigenvalue weighted by Crippen LogP contribution is -2.19. The van der Waals surface area contributed by atoms with Crippen molar-refractivity contribution in [1.82, 2.24) is 15.0 Å². The summed E-state index contributed by atoms with van der Waals surface area (Å²) in [4.78, 5) is 28.5. The maximum atomic E-state index is 11.5. The Labute approximate surface area is 189 Å². The summed E-state index contributed by atoms with van der Waals surface area (Å²) in [6.45, 7) is 0. The van der Waals surface area contributed by atoms with E-state index >= 15 is 0 Å². The first-order chi connectivity index (χ1) is 15.5. The maximum Gasteiger partial charge on any atom is 0.314 e. The number of carboxylic acid groups (broad SMARTS) is 1. The van der Waals surface area contributed by atoms with E-state index in [1.807, 2.05) is 36.4 Å². The van der Waals surface area contributed by atoms with Crippen LogP contribution in [0.5, 0.6) is 0 Å². The molecule has 0 spiro atoms.